The summed E-state index contributed by atoms with van der Waals surface area (Å²) in [6, 6.07) is 0. The van der Waals surface area contributed by atoms with E-state index in [0.717, 1.165) is 19.3 Å². The fourth-order valence-corrected chi connectivity index (χ4v) is 1.58. The van der Waals surface area contributed by atoms with Gasteiger partial charge in [-0.25, -0.2) is 0 Å². The zero-order valence-corrected chi connectivity index (χ0v) is 14.2. The van der Waals surface area contributed by atoms with Gasteiger partial charge in [0.1, 0.15) is 0 Å². The molecule has 0 amide bonds. The van der Waals surface area contributed by atoms with Gasteiger partial charge in [0.2, 0.25) is 0 Å². The summed E-state index contributed by atoms with van der Waals surface area (Å²) in [4.78, 5) is 21.8. The molecule has 0 aromatic carbocycles. The normalized spacial score (nSPS) is 9.91. The van der Waals surface area contributed by atoms with Crippen molar-refractivity contribution in [3.63, 3.8) is 0 Å². The molecule has 0 aromatic rings. The maximum absolute atomic E-state index is 10.9. The van der Waals surface area contributed by atoms with E-state index in [1.165, 1.54) is 0 Å². The van der Waals surface area contributed by atoms with Gasteiger partial charge in [0.05, 0.1) is 13.2 Å². The van der Waals surface area contributed by atoms with Crippen LogP contribution in [0.4, 0.5) is 0 Å². The number of esters is 2. The van der Waals surface area contributed by atoms with Crippen LogP contribution >= 0.6 is 0 Å². The Bertz CT molecular complexity index is 245. The third kappa shape index (κ3) is 21.2. The fourth-order valence-electron chi connectivity index (χ4n) is 1.58. The van der Waals surface area contributed by atoms with Gasteiger partial charge in [-0.1, -0.05) is 19.8 Å². The van der Waals surface area contributed by atoms with E-state index in [-0.39, 0.29) is 11.9 Å². The molecular formula is C16H32O6. The lowest BCUT2D eigenvalue weighted by Crippen LogP contribution is -2.06. The summed E-state index contributed by atoms with van der Waals surface area (Å²) in [6.45, 7) is 6.46. The molecule has 6 heteroatoms. The third-order valence-electron chi connectivity index (χ3n) is 2.69. The van der Waals surface area contributed by atoms with Crippen molar-refractivity contribution in [1.82, 2.24) is 0 Å². The van der Waals surface area contributed by atoms with E-state index in [4.69, 9.17) is 19.7 Å². The van der Waals surface area contributed by atoms with Crippen LogP contribution in [0.1, 0.15) is 72.1 Å². The van der Waals surface area contributed by atoms with Gasteiger partial charge in [-0.2, -0.15) is 0 Å². The Hall–Kier alpha value is -1.14. The minimum Gasteiger partial charge on any atom is -0.466 e. The first-order valence-electron chi connectivity index (χ1n) is 8.15. The van der Waals surface area contributed by atoms with Crippen LogP contribution in [0.15, 0.2) is 0 Å². The monoisotopic (exact) mass is 320 g/mol. The Kier molecular flexibility index (Phi) is 18.8. The second kappa shape index (κ2) is 17.9. The number of carbonyl (C=O) groups excluding carboxylic acids is 2. The second-order valence-corrected chi connectivity index (χ2v) is 4.79. The van der Waals surface area contributed by atoms with Crippen molar-refractivity contribution in [2.24, 2.45) is 0 Å². The molecule has 2 N–H and O–H groups in total. The van der Waals surface area contributed by atoms with E-state index in [0.29, 0.717) is 45.3 Å². The van der Waals surface area contributed by atoms with E-state index in [1.807, 2.05) is 0 Å². The molecule has 0 aliphatic carbocycles. The molecule has 0 spiro atoms. The maximum atomic E-state index is 10.9. The molecule has 0 saturated carbocycles. The number of rotatable bonds is 11. The van der Waals surface area contributed by atoms with Crippen molar-refractivity contribution in [1.29, 1.82) is 0 Å². The second-order valence-electron chi connectivity index (χ2n) is 4.79. The summed E-state index contributed by atoms with van der Waals surface area (Å²) in [5, 5.41) is 16.7. The summed E-state index contributed by atoms with van der Waals surface area (Å²) in [6.07, 6.45) is 4.70. The Morgan fingerprint density at radius 3 is 1.59 bits per heavy atom. The Labute approximate surface area is 133 Å². The first-order valence-corrected chi connectivity index (χ1v) is 8.15. The molecule has 0 atom stereocenters. The average Bonchev–Trinajstić information content (AvgIpc) is 2.45. The summed E-state index contributed by atoms with van der Waals surface area (Å²) < 4.78 is 9.48. The zero-order valence-electron chi connectivity index (χ0n) is 14.2. The van der Waals surface area contributed by atoms with E-state index in [1.54, 1.807) is 13.8 Å². The van der Waals surface area contributed by atoms with Crippen LogP contribution in [0.5, 0.6) is 0 Å². The topological polar surface area (TPSA) is 93.1 Å². The Balaban J connectivity index is 0. The standard InChI is InChI=1S/C10H18O4.C6H14O2/c1-3-13-9(11)7-5-6-8-10(12)14-4-2;1-2-3-4-5-6(7)8/h3-8H2,1-2H3;6-8H,2-5H2,1H3. The Morgan fingerprint density at radius 2 is 1.27 bits per heavy atom. The number of carbonyl (C=O) groups is 2. The lowest BCUT2D eigenvalue weighted by Gasteiger charge is -2.02. The Morgan fingerprint density at radius 1 is 0.818 bits per heavy atom. The molecular weight excluding hydrogens is 288 g/mol. The van der Waals surface area contributed by atoms with Crippen molar-refractivity contribution in [2.75, 3.05) is 13.2 Å². The molecule has 6 nitrogen and oxygen atoms in total. The van der Waals surface area contributed by atoms with Crippen molar-refractivity contribution in [3.05, 3.63) is 0 Å². The van der Waals surface area contributed by atoms with E-state index < -0.39 is 6.29 Å². The SMILES string of the molecule is CCCCCC(O)O.CCOC(=O)CCCCC(=O)OCC. The van der Waals surface area contributed by atoms with E-state index in [9.17, 15) is 9.59 Å². The van der Waals surface area contributed by atoms with Gasteiger partial charge >= 0.3 is 11.9 Å². The highest BCUT2D eigenvalue weighted by Gasteiger charge is 2.04. The molecule has 0 fully saturated rings. The highest BCUT2D eigenvalue weighted by Crippen LogP contribution is 2.02. The maximum Gasteiger partial charge on any atom is 0.305 e. The molecule has 0 bridgehead atoms. The molecule has 0 radical (unpaired) electrons. The van der Waals surface area contributed by atoms with Crippen LogP contribution in [0.2, 0.25) is 0 Å². The van der Waals surface area contributed by atoms with Gasteiger partial charge in [0.25, 0.3) is 0 Å². The smallest absolute Gasteiger partial charge is 0.305 e. The number of hydrogen-bond donors (Lipinski definition) is 2. The molecule has 0 rings (SSSR count). The van der Waals surface area contributed by atoms with Gasteiger partial charge in [0, 0.05) is 12.8 Å². The quantitative estimate of drug-likeness (QED) is 0.345. The summed E-state index contributed by atoms with van der Waals surface area (Å²) >= 11 is 0. The largest absolute Gasteiger partial charge is 0.466 e. The van der Waals surface area contributed by atoms with Crippen molar-refractivity contribution < 1.29 is 29.3 Å². The van der Waals surface area contributed by atoms with E-state index in [2.05, 4.69) is 6.92 Å². The molecule has 132 valence electrons. The molecule has 0 aromatic heterocycles. The number of hydrogen-bond acceptors (Lipinski definition) is 6. The lowest BCUT2D eigenvalue weighted by molar-refractivity contribution is -0.145. The van der Waals surface area contributed by atoms with Crippen LogP contribution in [0.25, 0.3) is 0 Å². The van der Waals surface area contributed by atoms with Gasteiger partial charge in [0.15, 0.2) is 6.29 Å². The average molecular weight is 320 g/mol. The number of unbranched alkanes of at least 4 members (excludes halogenated alkanes) is 3. The van der Waals surface area contributed by atoms with Gasteiger partial charge in [-0.3, -0.25) is 9.59 Å². The van der Waals surface area contributed by atoms with Crippen molar-refractivity contribution in [3.8, 4) is 0 Å². The van der Waals surface area contributed by atoms with Gasteiger partial charge in [-0.05, 0) is 39.5 Å². The summed E-state index contributed by atoms with van der Waals surface area (Å²) in [5.74, 6) is -0.396. The molecule has 0 unspecified atom stereocenters. The molecule has 0 aliphatic rings. The van der Waals surface area contributed by atoms with Crippen molar-refractivity contribution in [2.45, 2.75) is 78.4 Å². The van der Waals surface area contributed by atoms with Crippen LogP contribution in [-0.2, 0) is 19.1 Å². The van der Waals surface area contributed by atoms with Gasteiger partial charge in [-0.15, -0.1) is 0 Å². The predicted octanol–water partition coefficient (Wildman–Crippen LogP) is 2.55. The van der Waals surface area contributed by atoms with Crippen LogP contribution in [0.3, 0.4) is 0 Å². The zero-order chi connectivity index (χ0) is 17.2. The van der Waals surface area contributed by atoms with E-state index >= 15 is 0 Å². The summed E-state index contributed by atoms with van der Waals surface area (Å²) in [5.41, 5.74) is 0. The minimum absolute atomic E-state index is 0.198. The summed E-state index contributed by atoms with van der Waals surface area (Å²) in [7, 11) is 0. The number of aliphatic hydroxyl groups excluding tert-OH is 1. The predicted molar refractivity (Wildman–Crippen MR) is 84.1 cm³/mol. The number of aliphatic hydroxyl groups is 2. The highest BCUT2D eigenvalue weighted by molar-refractivity contribution is 5.70. The lowest BCUT2D eigenvalue weighted by atomic mass is 10.2. The molecule has 0 heterocycles. The first-order chi connectivity index (χ1) is 10.5. The van der Waals surface area contributed by atoms with Crippen LogP contribution in [-0.4, -0.2) is 41.7 Å². The highest BCUT2D eigenvalue weighted by atomic mass is 16.5. The minimum atomic E-state index is -1.10. The molecule has 0 saturated heterocycles. The van der Waals surface area contributed by atoms with Crippen molar-refractivity contribution >= 4 is 11.9 Å². The number of ether oxygens (including phenoxy) is 2. The first kappa shape index (κ1) is 23.1. The molecule has 22 heavy (non-hydrogen) atoms. The third-order valence-corrected chi connectivity index (χ3v) is 2.69. The fraction of sp³-hybridized carbons (Fsp3) is 0.875. The van der Waals surface area contributed by atoms with Crippen LogP contribution < -0.4 is 0 Å². The molecule has 0 aliphatic heterocycles. The van der Waals surface area contributed by atoms with Gasteiger partial charge < -0.3 is 19.7 Å². The van der Waals surface area contributed by atoms with Crippen LogP contribution in [0, 0.1) is 0 Å².